The molecule has 0 N–H and O–H groups in total. The Labute approximate surface area is 279 Å². The highest BCUT2D eigenvalue weighted by atomic mass is 35.5. The number of carbonyl (C=O) groups excluding carboxylic acids is 1. The average Bonchev–Trinajstić information content (AvgIpc) is 3.80. The van der Waals surface area contributed by atoms with Gasteiger partial charge in [0.15, 0.2) is 16.3 Å². The highest BCUT2D eigenvalue weighted by Gasteiger charge is 2.36. The lowest BCUT2D eigenvalue weighted by atomic mass is 9.93. The molecule has 5 aromatic rings. The fourth-order valence-electron chi connectivity index (χ4n) is 5.41. The largest absolute Gasteiger partial charge is 0.463 e. The molecule has 2 aromatic heterocycles. The van der Waals surface area contributed by atoms with Crippen LogP contribution in [0.3, 0.4) is 0 Å². The molecule has 1 unspecified atom stereocenters. The lowest BCUT2D eigenvalue weighted by Crippen LogP contribution is -2.40. The van der Waals surface area contributed by atoms with Gasteiger partial charge in [-0.3, -0.25) is 19.5 Å². The quantitative estimate of drug-likeness (QED) is 0.113. The summed E-state index contributed by atoms with van der Waals surface area (Å²) < 4.78 is 24.4. The summed E-state index contributed by atoms with van der Waals surface area (Å²) in [4.78, 5) is 43.7. The first-order valence-corrected chi connectivity index (χ1v) is 15.7. The number of furan rings is 1. The lowest BCUT2D eigenvalue weighted by molar-refractivity contribution is -0.384. The zero-order chi connectivity index (χ0) is 32.8. The van der Waals surface area contributed by atoms with E-state index in [4.69, 9.17) is 46.8 Å². The van der Waals surface area contributed by atoms with Crippen LogP contribution in [0.1, 0.15) is 29.9 Å². The Morgan fingerprint density at radius 2 is 1.87 bits per heavy atom. The zero-order valence-electron chi connectivity index (χ0n) is 24.3. The molecule has 3 aromatic carbocycles. The predicted octanol–water partition coefficient (Wildman–Crippen LogP) is 6.14. The second-order valence-corrected chi connectivity index (χ2v) is 12.1. The molecule has 0 fully saturated rings. The number of nitro benzene ring substituents is 1. The number of carbonyl (C=O) groups is 1. The normalized spacial score (nSPS) is 15.4. The van der Waals surface area contributed by atoms with Gasteiger partial charge in [-0.05, 0) is 42.8 Å². The molecule has 0 amide bonds. The monoisotopic (exact) mass is 689 g/mol. The van der Waals surface area contributed by atoms with Crippen LogP contribution >= 0.6 is 34.5 Å². The van der Waals surface area contributed by atoms with Crippen molar-refractivity contribution in [1.82, 2.24) is 4.57 Å². The fourth-order valence-corrected chi connectivity index (χ4v) is 6.87. The molecule has 2 aliphatic rings. The van der Waals surface area contributed by atoms with Gasteiger partial charge in [-0.1, -0.05) is 70.9 Å². The minimum atomic E-state index is -0.912. The Bertz CT molecular complexity index is 2310. The predicted molar refractivity (Wildman–Crippen MR) is 174 cm³/mol. The number of nitrogens with zero attached hydrogens (tertiary/aromatic N) is 3. The van der Waals surface area contributed by atoms with Crippen LogP contribution in [0.5, 0.6) is 11.5 Å². The van der Waals surface area contributed by atoms with Crippen molar-refractivity contribution < 1.29 is 28.3 Å². The maximum atomic E-state index is 14.2. The highest BCUT2D eigenvalue weighted by Crippen LogP contribution is 2.40. The number of aromatic nitrogens is 1. The van der Waals surface area contributed by atoms with Crippen LogP contribution < -0.4 is 24.4 Å². The Balaban J connectivity index is 1.40. The van der Waals surface area contributed by atoms with E-state index >= 15 is 0 Å². The zero-order valence-corrected chi connectivity index (χ0v) is 26.6. The molecule has 11 nitrogen and oxygen atoms in total. The Morgan fingerprint density at radius 1 is 1.09 bits per heavy atom. The molecule has 1 atom stereocenters. The molecular weight excluding hydrogens is 669 g/mol. The summed E-state index contributed by atoms with van der Waals surface area (Å²) in [5.41, 5.74) is 1.44. The topological polar surface area (TPSA) is 135 Å². The van der Waals surface area contributed by atoms with E-state index in [0.29, 0.717) is 50.2 Å². The minimum Gasteiger partial charge on any atom is -0.463 e. The number of fused-ring (bicyclic) bond motifs is 2. The number of rotatable bonds is 7. The average molecular weight is 691 g/mol. The SMILES string of the molecule is CCOC(=O)C1=C(c2ccccc2)N=c2s/c(=C/c3ccc(-c4cc(Cl)c([N+](=O)[O-])cc4Cl)o3)c(=O)n2C1c1ccc2c(c1)OCO2. The number of hydrogen-bond donors (Lipinski definition) is 0. The van der Waals surface area contributed by atoms with Crippen molar-refractivity contribution in [2.45, 2.75) is 13.0 Å². The van der Waals surface area contributed by atoms with Crippen LogP contribution in [0.25, 0.3) is 23.1 Å². The van der Waals surface area contributed by atoms with E-state index in [2.05, 4.69) is 0 Å². The number of benzene rings is 3. The second kappa shape index (κ2) is 12.2. The first kappa shape index (κ1) is 30.5. The summed E-state index contributed by atoms with van der Waals surface area (Å²) in [5, 5.41) is 11.2. The van der Waals surface area contributed by atoms with Crippen molar-refractivity contribution in [3.05, 3.63) is 135 Å². The van der Waals surface area contributed by atoms with Gasteiger partial charge in [-0.2, -0.15) is 0 Å². The van der Waals surface area contributed by atoms with Crippen LogP contribution in [-0.2, 0) is 9.53 Å². The van der Waals surface area contributed by atoms with Gasteiger partial charge >= 0.3 is 5.97 Å². The van der Waals surface area contributed by atoms with Crippen molar-refractivity contribution in [2.24, 2.45) is 4.99 Å². The molecule has 0 saturated carbocycles. The summed E-state index contributed by atoms with van der Waals surface area (Å²) in [6.45, 7) is 1.88. The van der Waals surface area contributed by atoms with Gasteiger partial charge in [0.1, 0.15) is 16.5 Å². The van der Waals surface area contributed by atoms with Crippen LogP contribution in [0, 0.1) is 10.1 Å². The van der Waals surface area contributed by atoms with E-state index < -0.39 is 22.5 Å². The summed E-state index contributed by atoms with van der Waals surface area (Å²) in [5.74, 6) is 1.03. The Morgan fingerprint density at radius 3 is 2.64 bits per heavy atom. The molecule has 0 aliphatic carbocycles. The standard InChI is InChI=1S/C33H21Cl2N3O8S/c1-2-43-32(40)28-29(17-6-4-3-5-7-17)36-33-37(30(28)18-8-10-25-26(12-18)45-16-44-25)31(39)27(47-33)13-19-9-11-24(46-19)20-14-22(35)23(38(41)42)15-21(20)34/h3-15,30H,2,16H2,1H3/b27-13+. The van der Waals surface area contributed by atoms with Crippen molar-refractivity contribution in [3.63, 3.8) is 0 Å². The van der Waals surface area contributed by atoms with Gasteiger partial charge in [0, 0.05) is 23.3 Å². The summed E-state index contributed by atoms with van der Waals surface area (Å²) in [6.07, 6.45) is 1.56. The molecule has 14 heteroatoms. The van der Waals surface area contributed by atoms with Crippen molar-refractivity contribution in [2.75, 3.05) is 13.4 Å². The molecule has 0 spiro atoms. The molecule has 4 heterocycles. The number of thiazole rings is 1. The molecular formula is C33H21Cl2N3O8S. The molecule has 0 bridgehead atoms. The van der Waals surface area contributed by atoms with Gasteiger partial charge in [-0.15, -0.1) is 0 Å². The van der Waals surface area contributed by atoms with Crippen LogP contribution in [0.4, 0.5) is 5.69 Å². The first-order valence-electron chi connectivity index (χ1n) is 14.1. The van der Waals surface area contributed by atoms with Crippen LogP contribution in [0.15, 0.2) is 92.6 Å². The summed E-state index contributed by atoms with van der Waals surface area (Å²) >= 11 is 13.6. The Kier molecular flexibility index (Phi) is 7.92. The number of hydrogen-bond acceptors (Lipinski definition) is 10. The minimum absolute atomic E-state index is 0.0554. The van der Waals surface area contributed by atoms with E-state index in [0.717, 1.165) is 17.4 Å². The van der Waals surface area contributed by atoms with E-state index in [1.807, 2.05) is 30.3 Å². The van der Waals surface area contributed by atoms with Crippen molar-refractivity contribution in [1.29, 1.82) is 0 Å². The molecule has 47 heavy (non-hydrogen) atoms. The van der Waals surface area contributed by atoms with Crippen molar-refractivity contribution in [3.8, 4) is 22.8 Å². The van der Waals surface area contributed by atoms with E-state index in [9.17, 15) is 19.7 Å². The van der Waals surface area contributed by atoms with Gasteiger partial charge < -0.3 is 18.6 Å². The maximum Gasteiger partial charge on any atom is 0.338 e. The van der Waals surface area contributed by atoms with Gasteiger partial charge in [-0.25, -0.2) is 9.79 Å². The second-order valence-electron chi connectivity index (χ2n) is 10.3. The number of halogens is 2. The van der Waals surface area contributed by atoms with Crippen molar-refractivity contribution >= 4 is 58.0 Å². The lowest BCUT2D eigenvalue weighted by Gasteiger charge is -2.26. The maximum absolute atomic E-state index is 14.2. The third kappa shape index (κ3) is 5.50. The number of esters is 1. The molecule has 7 rings (SSSR count). The van der Waals surface area contributed by atoms with Gasteiger partial charge in [0.2, 0.25) is 6.79 Å². The van der Waals surface area contributed by atoms with E-state index in [-0.39, 0.29) is 39.2 Å². The van der Waals surface area contributed by atoms with Gasteiger partial charge in [0.05, 0.1) is 38.4 Å². The third-order valence-corrected chi connectivity index (χ3v) is 9.08. The van der Waals surface area contributed by atoms with Crippen LogP contribution in [0.2, 0.25) is 10.0 Å². The number of nitro groups is 1. The molecule has 0 saturated heterocycles. The van der Waals surface area contributed by atoms with E-state index in [1.54, 1.807) is 43.3 Å². The summed E-state index contributed by atoms with van der Waals surface area (Å²) in [6, 6.07) is 19.3. The molecule has 0 radical (unpaired) electrons. The van der Waals surface area contributed by atoms with Crippen LogP contribution in [-0.4, -0.2) is 28.9 Å². The molecule has 2 aliphatic heterocycles. The first-order chi connectivity index (χ1) is 22.7. The molecule has 236 valence electrons. The third-order valence-electron chi connectivity index (χ3n) is 7.48. The smallest absolute Gasteiger partial charge is 0.338 e. The fraction of sp³-hybridized carbons (Fsp3) is 0.121. The highest BCUT2D eigenvalue weighted by molar-refractivity contribution is 7.07. The van der Waals surface area contributed by atoms with Gasteiger partial charge in [0.25, 0.3) is 11.2 Å². The van der Waals surface area contributed by atoms with E-state index in [1.165, 1.54) is 10.6 Å². The number of ether oxygens (including phenoxy) is 3. The summed E-state index contributed by atoms with van der Waals surface area (Å²) in [7, 11) is 0. The Hall–Kier alpha value is -5.17.